The summed E-state index contributed by atoms with van der Waals surface area (Å²) in [7, 11) is 1.54. The maximum Gasteiger partial charge on any atom is 0.162 e. The van der Waals surface area contributed by atoms with Gasteiger partial charge in [0.25, 0.3) is 0 Å². The average molecular weight is 268 g/mol. The van der Waals surface area contributed by atoms with Crippen LogP contribution in [0.25, 0.3) is 0 Å². The van der Waals surface area contributed by atoms with Crippen molar-refractivity contribution in [3.63, 3.8) is 0 Å². The smallest absolute Gasteiger partial charge is 0.162 e. The highest BCUT2D eigenvalue weighted by atomic mass is 16.5. The van der Waals surface area contributed by atoms with Gasteiger partial charge in [-0.25, -0.2) is 0 Å². The van der Waals surface area contributed by atoms with E-state index in [-0.39, 0.29) is 6.10 Å². The van der Waals surface area contributed by atoms with Gasteiger partial charge in [0.15, 0.2) is 11.5 Å². The summed E-state index contributed by atoms with van der Waals surface area (Å²) < 4.78 is 11.2. The van der Waals surface area contributed by atoms with Gasteiger partial charge in [-0.2, -0.15) is 0 Å². The molecule has 0 aliphatic rings. The van der Waals surface area contributed by atoms with Crippen molar-refractivity contribution >= 4 is 6.29 Å². The van der Waals surface area contributed by atoms with Gasteiger partial charge in [-0.3, -0.25) is 4.79 Å². The first-order chi connectivity index (χ1) is 9.78. The summed E-state index contributed by atoms with van der Waals surface area (Å²) >= 11 is 0. The van der Waals surface area contributed by atoms with Crippen molar-refractivity contribution in [1.82, 2.24) is 0 Å². The summed E-state index contributed by atoms with van der Waals surface area (Å²) in [5, 5.41) is 0. The number of carbonyl (C=O) groups is 1. The zero-order valence-corrected chi connectivity index (χ0v) is 11.3. The molecule has 102 valence electrons. The summed E-state index contributed by atoms with van der Waals surface area (Å²) in [6.07, 6.45) is 2.23. The summed E-state index contributed by atoms with van der Waals surface area (Å²) in [5.41, 5.74) is 1.55. The van der Waals surface area contributed by atoms with E-state index >= 15 is 0 Å². The summed E-state index contributed by atoms with van der Waals surface area (Å²) in [5.74, 6) is 1.10. The van der Waals surface area contributed by atoms with Crippen LogP contribution >= 0.6 is 0 Å². The molecular formula is C17H16O3. The second kappa shape index (κ2) is 6.57. The molecule has 0 N–H and O–H groups in total. The highest BCUT2D eigenvalue weighted by Crippen LogP contribution is 2.32. The largest absolute Gasteiger partial charge is 0.493 e. The predicted octanol–water partition coefficient (Wildman–Crippen LogP) is 3.81. The molecule has 0 radical (unpaired) electrons. The number of carbonyl (C=O) groups excluding carboxylic acids is 1. The van der Waals surface area contributed by atoms with Crippen molar-refractivity contribution in [2.75, 3.05) is 7.11 Å². The minimum Gasteiger partial charge on any atom is -0.493 e. The normalized spacial score (nSPS) is 11.4. The van der Waals surface area contributed by atoms with Crippen LogP contribution in [0, 0.1) is 0 Å². The van der Waals surface area contributed by atoms with Crippen molar-refractivity contribution in [2.24, 2.45) is 0 Å². The quantitative estimate of drug-likeness (QED) is 0.590. The molecular weight excluding hydrogens is 252 g/mol. The van der Waals surface area contributed by atoms with Gasteiger partial charge in [-0.1, -0.05) is 36.9 Å². The van der Waals surface area contributed by atoms with E-state index in [1.54, 1.807) is 31.4 Å². The number of benzene rings is 2. The van der Waals surface area contributed by atoms with Gasteiger partial charge in [0.1, 0.15) is 12.4 Å². The lowest BCUT2D eigenvalue weighted by molar-refractivity contribution is 0.112. The Morgan fingerprint density at radius 1 is 1.10 bits per heavy atom. The van der Waals surface area contributed by atoms with Crippen molar-refractivity contribution in [3.8, 4) is 11.5 Å². The first-order valence-electron chi connectivity index (χ1n) is 6.26. The Kier molecular flexibility index (Phi) is 4.56. The van der Waals surface area contributed by atoms with E-state index in [1.807, 2.05) is 30.3 Å². The van der Waals surface area contributed by atoms with Crippen molar-refractivity contribution in [1.29, 1.82) is 0 Å². The van der Waals surface area contributed by atoms with E-state index in [0.29, 0.717) is 17.1 Å². The van der Waals surface area contributed by atoms with E-state index in [4.69, 9.17) is 9.47 Å². The number of hydrogen-bond donors (Lipinski definition) is 0. The van der Waals surface area contributed by atoms with Crippen molar-refractivity contribution in [2.45, 2.75) is 6.10 Å². The molecule has 0 amide bonds. The fourth-order valence-electron chi connectivity index (χ4n) is 1.89. The molecule has 0 aliphatic carbocycles. The number of aldehydes is 1. The standard InChI is InChI=1S/C17H16O3/c1-3-15(14-7-5-4-6-8-14)20-16-10-9-13(12-18)11-17(16)19-2/h3-12,15H,1H2,2H3. The lowest BCUT2D eigenvalue weighted by atomic mass is 10.1. The molecule has 1 atom stereocenters. The molecule has 1 unspecified atom stereocenters. The van der Waals surface area contributed by atoms with E-state index < -0.39 is 0 Å². The number of rotatable bonds is 6. The number of hydrogen-bond acceptors (Lipinski definition) is 3. The highest BCUT2D eigenvalue weighted by molar-refractivity contribution is 5.76. The molecule has 0 heterocycles. The zero-order valence-electron chi connectivity index (χ0n) is 11.3. The first-order valence-corrected chi connectivity index (χ1v) is 6.26. The third kappa shape index (κ3) is 3.06. The Labute approximate surface area is 118 Å². The van der Waals surface area contributed by atoms with Crippen LogP contribution in [-0.4, -0.2) is 13.4 Å². The van der Waals surface area contributed by atoms with Crippen LogP contribution in [0.4, 0.5) is 0 Å². The number of methoxy groups -OCH3 is 1. The third-order valence-electron chi connectivity index (χ3n) is 2.92. The topological polar surface area (TPSA) is 35.5 Å². The van der Waals surface area contributed by atoms with Gasteiger partial charge >= 0.3 is 0 Å². The van der Waals surface area contributed by atoms with Crippen LogP contribution in [0.5, 0.6) is 11.5 Å². The minimum absolute atomic E-state index is 0.271. The highest BCUT2D eigenvalue weighted by Gasteiger charge is 2.12. The average Bonchev–Trinajstić information content (AvgIpc) is 2.53. The van der Waals surface area contributed by atoms with Gasteiger partial charge < -0.3 is 9.47 Å². The molecule has 0 aliphatic heterocycles. The lowest BCUT2D eigenvalue weighted by Gasteiger charge is -2.18. The SMILES string of the molecule is C=CC(Oc1ccc(C=O)cc1OC)c1ccccc1. The monoisotopic (exact) mass is 268 g/mol. The summed E-state index contributed by atoms with van der Waals surface area (Å²) in [4.78, 5) is 10.8. The Balaban J connectivity index is 2.28. The number of ether oxygens (including phenoxy) is 2. The maximum absolute atomic E-state index is 10.8. The molecule has 20 heavy (non-hydrogen) atoms. The van der Waals surface area contributed by atoms with Gasteiger partial charge in [0, 0.05) is 5.56 Å². The maximum atomic E-state index is 10.8. The van der Waals surface area contributed by atoms with Gasteiger partial charge in [-0.05, 0) is 29.8 Å². The molecule has 2 aromatic rings. The van der Waals surface area contributed by atoms with Crippen LogP contribution in [-0.2, 0) is 0 Å². The van der Waals surface area contributed by atoms with Crippen LogP contribution in [0.3, 0.4) is 0 Å². The van der Waals surface area contributed by atoms with Gasteiger partial charge in [-0.15, -0.1) is 0 Å². The van der Waals surface area contributed by atoms with Crippen molar-refractivity contribution in [3.05, 3.63) is 72.3 Å². The van der Waals surface area contributed by atoms with E-state index in [2.05, 4.69) is 6.58 Å². The second-order valence-corrected chi connectivity index (χ2v) is 4.21. The van der Waals surface area contributed by atoms with Crippen LogP contribution in [0.1, 0.15) is 22.0 Å². The third-order valence-corrected chi connectivity index (χ3v) is 2.92. The van der Waals surface area contributed by atoms with Crippen molar-refractivity contribution < 1.29 is 14.3 Å². The fraction of sp³-hybridized carbons (Fsp3) is 0.118. The summed E-state index contributed by atoms with van der Waals surface area (Å²) in [6.45, 7) is 3.80. The Hall–Kier alpha value is -2.55. The van der Waals surface area contributed by atoms with E-state index in [0.717, 1.165) is 11.8 Å². The molecule has 0 saturated carbocycles. The van der Waals surface area contributed by atoms with E-state index in [1.165, 1.54) is 0 Å². The Morgan fingerprint density at radius 3 is 2.45 bits per heavy atom. The molecule has 3 heteroatoms. The fourth-order valence-corrected chi connectivity index (χ4v) is 1.89. The molecule has 0 fully saturated rings. The molecule has 2 aromatic carbocycles. The van der Waals surface area contributed by atoms with Crippen LogP contribution in [0.2, 0.25) is 0 Å². The van der Waals surface area contributed by atoms with Crippen LogP contribution < -0.4 is 9.47 Å². The molecule has 0 spiro atoms. The summed E-state index contributed by atoms with van der Waals surface area (Å²) in [6, 6.07) is 14.8. The van der Waals surface area contributed by atoms with Gasteiger partial charge in [0.05, 0.1) is 7.11 Å². The minimum atomic E-state index is -0.271. The Morgan fingerprint density at radius 2 is 1.85 bits per heavy atom. The molecule has 0 aromatic heterocycles. The predicted molar refractivity (Wildman–Crippen MR) is 78.4 cm³/mol. The van der Waals surface area contributed by atoms with Crippen LogP contribution in [0.15, 0.2) is 61.2 Å². The first kappa shape index (κ1) is 13.9. The zero-order chi connectivity index (χ0) is 14.4. The molecule has 0 bridgehead atoms. The Bertz CT molecular complexity index is 590. The lowest BCUT2D eigenvalue weighted by Crippen LogP contribution is -2.05. The van der Waals surface area contributed by atoms with E-state index in [9.17, 15) is 4.79 Å². The second-order valence-electron chi connectivity index (χ2n) is 4.21. The van der Waals surface area contributed by atoms with Gasteiger partial charge in [0.2, 0.25) is 0 Å². The molecule has 0 saturated heterocycles. The molecule has 2 rings (SSSR count). The molecule has 3 nitrogen and oxygen atoms in total.